The lowest BCUT2D eigenvalue weighted by Gasteiger charge is -2.17. The number of hydrogen-bond acceptors (Lipinski definition) is 3. The molecule has 108 valence electrons. The van der Waals surface area contributed by atoms with Gasteiger partial charge >= 0.3 is 0 Å². The van der Waals surface area contributed by atoms with Crippen LogP contribution in [0.3, 0.4) is 0 Å². The number of hydrogen-bond donors (Lipinski definition) is 2. The summed E-state index contributed by atoms with van der Waals surface area (Å²) in [6.07, 6.45) is 6.26. The van der Waals surface area contributed by atoms with Crippen LogP contribution in [0.25, 0.3) is 0 Å². The van der Waals surface area contributed by atoms with E-state index in [-0.39, 0.29) is 0 Å². The van der Waals surface area contributed by atoms with E-state index in [1.807, 2.05) is 12.4 Å². The Morgan fingerprint density at radius 2 is 1.89 bits per heavy atom. The molecule has 0 amide bonds. The van der Waals surface area contributed by atoms with Gasteiger partial charge in [0.25, 0.3) is 0 Å². The molecule has 0 atom stereocenters. The minimum absolute atomic E-state index is 0.683. The molecule has 1 rings (SSSR count). The zero-order chi connectivity index (χ0) is 14.1. The van der Waals surface area contributed by atoms with Gasteiger partial charge in [0.05, 0.1) is 11.9 Å². The van der Waals surface area contributed by atoms with Crippen molar-refractivity contribution >= 4 is 5.69 Å². The summed E-state index contributed by atoms with van der Waals surface area (Å²) < 4.78 is 0. The molecule has 0 aliphatic rings. The number of aromatic nitrogens is 1. The largest absolute Gasteiger partial charge is 0.383 e. The van der Waals surface area contributed by atoms with Crippen molar-refractivity contribution in [1.82, 2.24) is 10.3 Å². The van der Waals surface area contributed by atoms with E-state index in [1.54, 1.807) is 0 Å². The van der Waals surface area contributed by atoms with Gasteiger partial charge in [-0.25, -0.2) is 0 Å². The molecule has 3 heteroatoms. The monoisotopic (exact) mass is 263 g/mol. The Labute approximate surface area is 118 Å². The topological polar surface area (TPSA) is 37.0 Å². The minimum Gasteiger partial charge on any atom is -0.383 e. The van der Waals surface area contributed by atoms with Gasteiger partial charge in [-0.05, 0) is 30.0 Å². The third-order valence-corrected chi connectivity index (χ3v) is 3.52. The SMILES string of the molecule is CCC(CC)CNc1cnccc1CNCC(C)C. The minimum atomic E-state index is 0.683. The predicted molar refractivity (Wildman–Crippen MR) is 83.3 cm³/mol. The standard InChI is InChI=1S/C16H29N3/c1-5-14(6-2)10-19-16-12-17-8-7-15(16)11-18-9-13(3)4/h7-8,12-14,18-19H,5-6,9-11H2,1-4H3. The Hall–Kier alpha value is -1.09. The third kappa shape index (κ3) is 6.06. The molecule has 0 spiro atoms. The fourth-order valence-corrected chi connectivity index (χ4v) is 2.06. The van der Waals surface area contributed by atoms with Crippen LogP contribution in [-0.4, -0.2) is 18.1 Å². The van der Waals surface area contributed by atoms with Crippen molar-refractivity contribution in [1.29, 1.82) is 0 Å². The fraction of sp³-hybridized carbons (Fsp3) is 0.688. The van der Waals surface area contributed by atoms with Crippen molar-refractivity contribution < 1.29 is 0 Å². The molecule has 0 saturated heterocycles. The van der Waals surface area contributed by atoms with Crippen molar-refractivity contribution in [2.24, 2.45) is 11.8 Å². The molecule has 1 aromatic rings. The Morgan fingerprint density at radius 1 is 1.16 bits per heavy atom. The molecule has 1 heterocycles. The van der Waals surface area contributed by atoms with Gasteiger partial charge in [0.15, 0.2) is 0 Å². The molecule has 2 N–H and O–H groups in total. The Kier molecular flexibility index (Phi) is 7.49. The lowest BCUT2D eigenvalue weighted by atomic mass is 10.0. The highest BCUT2D eigenvalue weighted by Crippen LogP contribution is 2.15. The molecule has 0 saturated carbocycles. The van der Waals surface area contributed by atoms with Crippen LogP contribution in [0, 0.1) is 11.8 Å². The molecular weight excluding hydrogens is 234 g/mol. The molecule has 0 aliphatic carbocycles. The van der Waals surface area contributed by atoms with Gasteiger partial charge in [-0.1, -0.05) is 40.5 Å². The molecular formula is C16H29N3. The molecule has 0 radical (unpaired) electrons. The first-order valence-electron chi connectivity index (χ1n) is 7.54. The molecule has 3 nitrogen and oxygen atoms in total. The summed E-state index contributed by atoms with van der Waals surface area (Å²) in [5, 5.41) is 7.04. The van der Waals surface area contributed by atoms with Crippen LogP contribution >= 0.6 is 0 Å². The maximum Gasteiger partial charge on any atom is 0.0572 e. The highest BCUT2D eigenvalue weighted by atomic mass is 14.9. The third-order valence-electron chi connectivity index (χ3n) is 3.52. The van der Waals surface area contributed by atoms with Gasteiger partial charge in [-0.2, -0.15) is 0 Å². The molecule has 19 heavy (non-hydrogen) atoms. The quantitative estimate of drug-likeness (QED) is 0.713. The van der Waals surface area contributed by atoms with Crippen LogP contribution < -0.4 is 10.6 Å². The van der Waals surface area contributed by atoms with Crippen LogP contribution in [0.4, 0.5) is 5.69 Å². The number of nitrogens with one attached hydrogen (secondary N) is 2. The van der Waals surface area contributed by atoms with Gasteiger partial charge < -0.3 is 10.6 Å². The summed E-state index contributed by atoms with van der Waals surface area (Å²) in [6, 6.07) is 2.10. The van der Waals surface area contributed by atoms with E-state index in [9.17, 15) is 0 Å². The average molecular weight is 263 g/mol. The van der Waals surface area contributed by atoms with Gasteiger partial charge in [0.1, 0.15) is 0 Å². The van der Waals surface area contributed by atoms with Crippen LogP contribution in [0.15, 0.2) is 18.5 Å². The Morgan fingerprint density at radius 3 is 2.53 bits per heavy atom. The molecule has 0 bridgehead atoms. The second kappa shape index (κ2) is 8.92. The lowest BCUT2D eigenvalue weighted by molar-refractivity contribution is 0.518. The summed E-state index contributed by atoms with van der Waals surface area (Å²) >= 11 is 0. The number of rotatable bonds is 9. The lowest BCUT2D eigenvalue weighted by Crippen LogP contribution is -2.20. The Balaban J connectivity index is 2.52. The number of nitrogens with zero attached hydrogens (tertiary/aromatic N) is 1. The van der Waals surface area contributed by atoms with Crippen molar-refractivity contribution in [2.45, 2.75) is 47.1 Å². The fourth-order valence-electron chi connectivity index (χ4n) is 2.06. The molecule has 0 unspecified atom stereocenters. The van der Waals surface area contributed by atoms with Gasteiger partial charge in [0.2, 0.25) is 0 Å². The maximum absolute atomic E-state index is 4.23. The van der Waals surface area contributed by atoms with E-state index in [2.05, 4.69) is 49.4 Å². The van der Waals surface area contributed by atoms with Gasteiger partial charge in [-0.15, -0.1) is 0 Å². The first-order valence-corrected chi connectivity index (χ1v) is 7.54. The van der Waals surface area contributed by atoms with Crippen molar-refractivity contribution in [3.63, 3.8) is 0 Å². The van der Waals surface area contributed by atoms with E-state index in [0.29, 0.717) is 5.92 Å². The smallest absolute Gasteiger partial charge is 0.0572 e. The van der Waals surface area contributed by atoms with Crippen LogP contribution in [0.5, 0.6) is 0 Å². The highest BCUT2D eigenvalue weighted by molar-refractivity contribution is 5.48. The van der Waals surface area contributed by atoms with Crippen molar-refractivity contribution in [2.75, 3.05) is 18.4 Å². The summed E-state index contributed by atoms with van der Waals surface area (Å²) in [5.74, 6) is 1.43. The van der Waals surface area contributed by atoms with Crippen molar-refractivity contribution in [3.05, 3.63) is 24.0 Å². The zero-order valence-electron chi connectivity index (χ0n) is 12.9. The molecule has 0 aliphatic heterocycles. The second-order valence-corrected chi connectivity index (χ2v) is 5.62. The average Bonchev–Trinajstić information content (AvgIpc) is 2.41. The van der Waals surface area contributed by atoms with Gasteiger partial charge in [0, 0.05) is 19.3 Å². The first kappa shape index (κ1) is 16.0. The first-order chi connectivity index (χ1) is 9.17. The molecule has 1 aromatic heterocycles. The van der Waals surface area contributed by atoms with Crippen LogP contribution in [0.1, 0.15) is 46.1 Å². The van der Waals surface area contributed by atoms with E-state index in [0.717, 1.165) is 25.6 Å². The predicted octanol–water partition coefficient (Wildman–Crippen LogP) is 3.68. The Bertz CT molecular complexity index is 346. The van der Waals surface area contributed by atoms with E-state index in [1.165, 1.54) is 24.1 Å². The molecule has 0 aromatic carbocycles. The van der Waals surface area contributed by atoms with Gasteiger partial charge in [-0.3, -0.25) is 4.98 Å². The zero-order valence-corrected chi connectivity index (χ0v) is 12.9. The van der Waals surface area contributed by atoms with Crippen LogP contribution in [0.2, 0.25) is 0 Å². The summed E-state index contributed by atoms with van der Waals surface area (Å²) in [5.41, 5.74) is 2.48. The van der Waals surface area contributed by atoms with Crippen LogP contribution in [-0.2, 0) is 6.54 Å². The maximum atomic E-state index is 4.23. The number of pyridine rings is 1. The number of anilines is 1. The summed E-state index contributed by atoms with van der Waals surface area (Å²) in [4.78, 5) is 4.23. The van der Waals surface area contributed by atoms with Crippen molar-refractivity contribution in [3.8, 4) is 0 Å². The summed E-state index contributed by atoms with van der Waals surface area (Å²) in [6.45, 7) is 12.0. The summed E-state index contributed by atoms with van der Waals surface area (Å²) in [7, 11) is 0. The molecule has 0 fully saturated rings. The van der Waals surface area contributed by atoms with E-state index >= 15 is 0 Å². The highest BCUT2D eigenvalue weighted by Gasteiger charge is 2.06. The van der Waals surface area contributed by atoms with E-state index < -0.39 is 0 Å². The van der Waals surface area contributed by atoms with E-state index in [4.69, 9.17) is 0 Å². The normalized spacial score (nSPS) is 11.3. The second-order valence-electron chi connectivity index (χ2n) is 5.62.